The number of nitrogens with one attached hydrogen (secondary N) is 1. The van der Waals surface area contributed by atoms with E-state index in [2.05, 4.69) is 10.5 Å². The molecule has 0 aliphatic carbocycles. The molecule has 0 unspecified atom stereocenters. The van der Waals surface area contributed by atoms with Crippen LogP contribution >= 0.6 is 11.6 Å². The number of ether oxygens (including phenoxy) is 2. The molecule has 0 aromatic heterocycles. The first-order valence-corrected chi connectivity index (χ1v) is 11.2. The van der Waals surface area contributed by atoms with Crippen LogP contribution in [0, 0.1) is 5.92 Å². The fourth-order valence-electron chi connectivity index (χ4n) is 3.64. The Bertz CT molecular complexity index is 1200. The fraction of sp³-hybridized carbons (Fsp3) is 0.192. The molecular formula is C26H24ClN3O4. The molecule has 174 valence electrons. The van der Waals surface area contributed by atoms with Crippen molar-refractivity contribution in [2.24, 2.45) is 11.0 Å². The van der Waals surface area contributed by atoms with Gasteiger partial charge in [0.2, 0.25) is 11.8 Å². The van der Waals surface area contributed by atoms with Crippen molar-refractivity contribution in [2.75, 3.05) is 18.6 Å². The van der Waals surface area contributed by atoms with Gasteiger partial charge in [-0.05, 0) is 42.5 Å². The highest BCUT2D eigenvalue weighted by atomic mass is 35.5. The molecule has 7 nitrogen and oxygen atoms in total. The number of hydrogen-bond donors (Lipinski definition) is 1. The van der Waals surface area contributed by atoms with Gasteiger partial charge in [-0.25, -0.2) is 5.43 Å². The SMILES string of the molecule is COc1ccc(N2C[C@@H](C(=O)N/N=C\c3ccccc3OCc3ccccc3Cl)CC2=O)cc1. The number of amides is 2. The molecule has 1 aliphatic rings. The van der Waals surface area contributed by atoms with E-state index in [0.29, 0.717) is 35.2 Å². The van der Waals surface area contributed by atoms with E-state index in [9.17, 15) is 9.59 Å². The lowest BCUT2D eigenvalue weighted by Crippen LogP contribution is -2.30. The monoisotopic (exact) mass is 477 g/mol. The Labute approximate surface area is 202 Å². The number of methoxy groups -OCH3 is 1. The number of carbonyl (C=O) groups excluding carboxylic acids is 2. The van der Waals surface area contributed by atoms with E-state index >= 15 is 0 Å². The molecule has 3 aromatic carbocycles. The van der Waals surface area contributed by atoms with Crippen molar-refractivity contribution in [1.82, 2.24) is 5.43 Å². The number of halogens is 1. The Kier molecular flexibility index (Phi) is 7.44. The van der Waals surface area contributed by atoms with Crippen LogP contribution < -0.4 is 19.8 Å². The highest BCUT2D eigenvalue weighted by Crippen LogP contribution is 2.27. The molecule has 1 saturated heterocycles. The van der Waals surface area contributed by atoms with Gasteiger partial charge in [0.25, 0.3) is 0 Å². The van der Waals surface area contributed by atoms with Gasteiger partial charge in [0.05, 0.1) is 19.2 Å². The molecule has 0 spiro atoms. The maximum atomic E-state index is 12.6. The van der Waals surface area contributed by atoms with Crippen LogP contribution in [0.3, 0.4) is 0 Å². The number of para-hydroxylation sites is 1. The first-order chi connectivity index (χ1) is 16.5. The van der Waals surface area contributed by atoms with Crippen molar-refractivity contribution in [3.63, 3.8) is 0 Å². The first kappa shape index (κ1) is 23.3. The minimum absolute atomic E-state index is 0.104. The van der Waals surface area contributed by atoms with E-state index in [1.54, 1.807) is 36.3 Å². The average molecular weight is 478 g/mol. The zero-order valence-corrected chi connectivity index (χ0v) is 19.4. The topological polar surface area (TPSA) is 80.2 Å². The molecule has 4 rings (SSSR count). The van der Waals surface area contributed by atoms with Crippen molar-refractivity contribution in [3.05, 3.63) is 88.9 Å². The van der Waals surface area contributed by atoms with Gasteiger partial charge >= 0.3 is 0 Å². The van der Waals surface area contributed by atoms with Crippen molar-refractivity contribution in [3.8, 4) is 11.5 Å². The zero-order chi connectivity index (χ0) is 23.9. The summed E-state index contributed by atoms with van der Waals surface area (Å²) in [6, 6.07) is 22.0. The van der Waals surface area contributed by atoms with Crippen LogP contribution in [0.15, 0.2) is 77.9 Å². The summed E-state index contributed by atoms with van der Waals surface area (Å²) in [4.78, 5) is 26.7. The third-order valence-corrected chi connectivity index (χ3v) is 5.89. The number of hydrazone groups is 1. The third kappa shape index (κ3) is 5.55. The molecule has 1 heterocycles. The molecule has 1 N–H and O–H groups in total. The fourth-order valence-corrected chi connectivity index (χ4v) is 3.83. The van der Waals surface area contributed by atoms with Crippen LogP contribution in [0.4, 0.5) is 5.69 Å². The van der Waals surface area contributed by atoms with Crippen LogP contribution in [0.1, 0.15) is 17.5 Å². The van der Waals surface area contributed by atoms with Gasteiger partial charge in [-0.3, -0.25) is 9.59 Å². The minimum atomic E-state index is -0.488. The minimum Gasteiger partial charge on any atom is -0.497 e. The first-order valence-electron chi connectivity index (χ1n) is 10.8. The van der Waals surface area contributed by atoms with Gasteiger partial charge in [0.1, 0.15) is 18.1 Å². The van der Waals surface area contributed by atoms with Crippen LogP contribution in [0.25, 0.3) is 0 Å². The summed E-state index contributed by atoms with van der Waals surface area (Å²) in [6.45, 7) is 0.603. The molecule has 0 saturated carbocycles. The Hall–Kier alpha value is -3.84. The number of rotatable bonds is 8. The second-order valence-electron chi connectivity index (χ2n) is 7.76. The number of nitrogens with zero attached hydrogens (tertiary/aromatic N) is 2. The Morgan fingerprint density at radius 1 is 1.12 bits per heavy atom. The molecule has 1 fully saturated rings. The molecule has 2 amide bonds. The van der Waals surface area contributed by atoms with Crippen LogP contribution in [0.2, 0.25) is 5.02 Å². The van der Waals surface area contributed by atoms with E-state index in [0.717, 1.165) is 11.3 Å². The summed E-state index contributed by atoms with van der Waals surface area (Å²) in [6.07, 6.45) is 1.66. The largest absolute Gasteiger partial charge is 0.497 e. The van der Waals surface area contributed by atoms with Gasteiger partial charge in [-0.15, -0.1) is 0 Å². The van der Waals surface area contributed by atoms with Gasteiger partial charge in [0, 0.05) is 34.8 Å². The van der Waals surface area contributed by atoms with Crippen LogP contribution in [0.5, 0.6) is 11.5 Å². The smallest absolute Gasteiger partial charge is 0.245 e. The third-order valence-electron chi connectivity index (χ3n) is 5.52. The van der Waals surface area contributed by atoms with Crippen molar-refractivity contribution in [2.45, 2.75) is 13.0 Å². The summed E-state index contributed by atoms with van der Waals surface area (Å²) in [5.41, 5.74) is 4.86. The van der Waals surface area contributed by atoms with E-state index in [4.69, 9.17) is 21.1 Å². The predicted octanol–water partition coefficient (Wildman–Crippen LogP) is 4.43. The van der Waals surface area contributed by atoms with Gasteiger partial charge in [-0.2, -0.15) is 5.10 Å². The molecule has 1 aliphatic heterocycles. The standard InChI is InChI=1S/C26H24ClN3O4/c1-33-22-12-10-21(11-13-22)30-16-20(14-25(30)31)26(32)29-28-15-18-6-3-5-9-24(18)34-17-19-7-2-4-8-23(19)27/h2-13,15,20H,14,16-17H2,1H3,(H,29,32)/b28-15-/t20-/m0/s1. The molecule has 8 heteroatoms. The Morgan fingerprint density at radius 3 is 2.62 bits per heavy atom. The maximum absolute atomic E-state index is 12.6. The molecular weight excluding hydrogens is 454 g/mol. The van der Waals surface area contributed by atoms with Gasteiger partial charge in [-0.1, -0.05) is 41.9 Å². The highest BCUT2D eigenvalue weighted by molar-refractivity contribution is 6.31. The average Bonchev–Trinajstić information content (AvgIpc) is 3.26. The van der Waals surface area contributed by atoms with E-state index in [-0.39, 0.29) is 18.2 Å². The molecule has 3 aromatic rings. The van der Waals surface area contributed by atoms with Crippen molar-refractivity contribution >= 4 is 35.3 Å². The lowest BCUT2D eigenvalue weighted by Gasteiger charge is -2.16. The summed E-state index contributed by atoms with van der Waals surface area (Å²) < 4.78 is 11.1. The summed E-state index contributed by atoms with van der Waals surface area (Å²) in [5.74, 6) is 0.415. The van der Waals surface area contributed by atoms with Gasteiger partial charge in [0.15, 0.2) is 0 Å². The Morgan fingerprint density at radius 2 is 1.85 bits per heavy atom. The van der Waals surface area contributed by atoms with Crippen LogP contribution in [-0.2, 0) is 16.2 Å². The van der Waals surface area contributed by atoms with E-state index < -0.39 is 5.92 Å². The highest BCUT2D eigenvalue weighted by Gasteiger charge is 2.35. The quantitative estimate of drug-likeness (QED) is 0.384. The maximum Gasteiger partial charge on any atom is 0.245 e. The molecule has 0 bridgehead atoms. The number of hydrogen-bond acceptors (Lipinski definition) is 5. The van der Waals surface area contributed by atoms with E-state index in [1.165, 1.54) is 6.21 Å². The summed E-state index contributed by atoms with van der Waals surface area (Å²) in [7, 11) is 1.58. The summed E-state index contributed by atoms with van der Waals surface area (Å²) in [5, 5.41) is 4.72. The van der Waals surface area contributed by atoms with E-state index in [1.807, 2.05) is 48.5 Å². The molecule has 0 radical (unpaired) electrons. The number of carbonyl (C=O) groups is 2. The normalized spacial score (nSPS) is 15.5. The van der Waals surface area contributed by atoms with Gasteiger partial charge < -0.3 is 14.4 Å². The number of anilines is 1. The molecule has 1 atom stereocenters. The van der Waals surface area contributed by atoms with Crippen molar-refractivity contribution in [1.29, 1.82) is 0 Å². The second-order valence-corrected chi connectivity index (χ2v) is 8.16. The lowest BCUT2D eigenvalue weighted by molar-refractivity contribution is -0.126. The second kappa shape index (κ2) is 10.9. The Balaban J connectivity index is 1.35. The predicted molar refractivity (Wildman–Crippen MR) is 131 cm³/mol. The number of benzene rings is 3. The lowest BCUT2D eigenvalue weighted by atomic mass is 10.1. The van der Waals surface area contributed by atoms with Crippen LogP contribution in [-0.4, -0.2) is 31.7 Å². The van der Waals surface area contributed by atoms with Crippen molar-refractivity contribution < 1.29 is 19.1 Å². The summed E-state index contributed by atoms with van der Waals surface area (Å²) >= 11 is 6.20. The zero-order valence-electron chi connectivity index (χ0n) is 18.6. The molecule has 34 heavy (non-hydrogen) atoms.